The molecule has 0 aliphatic rings. The summed E-state index contributed by atoms with van der Waals surface area (Å²) in [6, 6.07) is 0. The summed E-state index contributed by atoms with van der Waals surface area (Å²) >= 11 is 0. The van der Waals surface area contributed by atoms with Gasteiger partial charge in [0, 0.05) is 25.8 Å². The summed E-state index contributed by atoms with van der Waals surface area (Å²) < 4.78 is 11.4. The van der Waals surface area contributed by atoms with Gasteiger partial charge in [-0.05, 0) is 90.5 Å². The first-order valence-corrected chi connectivity index (χ1v) is 35.3. The highest BCUT2D eigenvalue weighted by Crippen LogP contribution is 2.18. The molecule has 0 aromatic carbocycles. The smallest absolute Gasteiger partial charge is 0.305 e. The maximum Gasteiger partial charge on any atom is 0.305 e. The molecule has 0 aromatic heterocycles. The summed E-state index contributed by atoms with van der Waals surface area (Å²) in [7, 11) is 0. The van der Waals surface area contributed by atoms with Gasteiger partial charge in [0.2, 0.25) is 0 Å². The first-order valence-electron chi connectivity index (χ1n) is 35.3. The minimum absolute atomic E-state index is 0.0264. The van der Waals surface area contributed by atoms with Gasteiger partial charge >= 0.3 is 11.9 Å². The number of unbranched alkanes of at least 4 members (excludes halogenated alkanes) is 46. The van der Waals surface area contributed by atoms with Gasteiger partial charge in [-0.2, -0.15) is 0 Å². The zero-order valence-electron chi connectivity index (χ0n) is 53.1. The first kappa shape index (κ1) is 77.1. The van der Waals surface area contributed by atoms with Gasteiger partial charge in [0.1, 0.15) is 0 Å². The minimum Gasteiger partial charge on any atom is -0.487 e. The lowest BCUT2D eigenvalue weighted by atomic mass is 10.0. The molecule has 2 N–H and O–H groups in total. The number of carbonyl (C=O) groups is 2. The van der Waals surface area contributed by atoms with Crippen molar-refractivity contribution in [1.82, 2.24) is 9.80 Å². The summed E-state index contributed by atoms with van der Waals surface area (Å²) in [5, 5.41) is 18.8. The van der Waals surface area contributed by atoms with E-state index in [1.54, 1.807) is 0 Å². The standard InChI is InChI=1S/C70H136N2O7/c1-3-5-7-9-11-13-15-17-18-19-20-21-22-23-24-25-26-28-30-32-34-45-53-66-79-70(77)57-48-40-37-43-50-59-71(58-49-42-36-39-47-56-69(75)76)61-54-62-72(63-64-73)60-51-41-35-38-46-55-68(67-74)78-65-52-44-33-31-29-27-16-14-12-10-8-6-4-2/h73H,3-66H2,1-2H3,(H,75,76). The first-order chi connectivity index (χ1) is 39.0. The highest BCUT2D eigenvalue weighted by Gasteiger charge is 2.10. The Bertz CT molecular complexity index is 1280. The molecule has 0 aromatic rings. The molecule has 0 saturated carbocycles. The fourth-order valence-corrected chi connectivity index (χ4v) is 11.4. The molecule has 0 saturated heterocycles. The van der Waals surface area contributed by atoms with E-state index in [1.807, 2.05) is 0 Å². The third-order valence-corrected chi connectivity index (χ3v) is 16.6. The SMILES string of the molecule is CCCCCCCCCCCCCCCCCCCCCCCCCOC(=O)CCCCCCCN(CCCCCCCC(=O)O)CCCN(CCO)CCCCCCCC(=C=O)OCCCCCCCCCCCCCCC. The van der Waals surface area contributed by atoms with Crippen LogP contribution in [0, 0.1) is 0 Å². The number of carbonyl (C=O) groups excluding carboxylic acids is 2. The molecule has 9 heteroatoms. The highest BCUT2D eigenvalue weighted by molar-refractivity contribution is 5.69. The number of hydrogen-bond acceptors (Lipinski definition) is 8. The Morgan fingerprint density at radius 3 is 0.911 bits per heavy atom. The van der Waals surface area contributed by atoms with E-state index >= 15 is 0 Å². The van der Waals surface area contributed by atoms with Crippen LogP contribution in [0.15, 0.2) is 5.76 Å². The van der Waals surface area contributed by atoms with Crippen molar-refractivity contribution in [3.63, 3.8) is 0 Å². The van der Waals surface area contributed by atoms with Gasteiger partial charge in [0.15, 0.2) is 11.7 Å². The van der Waals surface area contributed by atoms with E-state index < -0.39 is 5.97 Å². The van der Waals surface area contributed by atoms with E-state index in [2.05, 4.69) is 29.6 Å². The Morgan fingerprint density at radius 1 is 0.316 bits per heavy atom. The van der Waals surface area contributed by atoms with Crippen molar-refractivity contribution in [1.29, 1.82) is 0 Å². The number of carboxylic acids is 1. The number of aliphatic hydroxyl groups is 1. The number of aliphatic hydroxyl groups excluding tert-OH is 1. The van der Waals surface area contributed by atoms with E-state index in [0.29, 0.717) is 38.4 Å². The molecule has 0 spiro atoms. The van der Waals surface area contributed by atoms with Gasteiger partial charge in [-0.25, -0.2) is 4.79 Å². The van der Waals surface area contributed by atoms with Gasteiger partial charge in [0.05, 0.1) is 19.8 Å². The van der Waals surface area contributed by atoms with E-state index in [4.69, 9.17) is 14.6 Å². The predicted molar refractivity (Wildman–Crippen MR) is 339 cm³/mol. The van der Waals surface area contributed by atoms with Crippen LogP contribution in [0.3, 0.4) is 0 Å². The molecule has 0 fully saturated rings. The lowest BCUT2D eigenvalue weighted by Crippen LogP contribution is -2.33. The van der Waals surface area contributed by atoms with Gasteiger partial charge in [0.25, 0.3) is 0 Å². The number of aliphatic carboxylic acids is 1. The van der Waals surface area contributed by atoms with E-state index in [0.717, 1.165) is 135 Å². The summed E-state index contributed by atoms with van der Waals surface area (Å²) in [6.07, 6.45) is 67.7. The Morgan fingerprint density at radius 2 is 0.582 bits per heavy atom. The topological polar surface area (TPSA) is 117 Å². The number of allylic oxidation sites excluding steroid dienone is 1. The molecule has 0 rings (SSSR count). The number of ether oxygens (including phenoxy) is 2. The molecule has 0 heterocycles. The van der Waals surface area contributed by atoms with Crippen molar-refractivity contribution in [2.24, 2.45) is 0 Å². The normalized spacial score (nSPS) is 11.6. The third-order valence-electron chi connectivity index (χ3n) is 16.6. The Labute approximate surface area is 491 Å². The van der Waals surface area contributed by atoms with Crippen LogP contribution in [0.25, 0.3) is 0 Å². The molecule has 79 heavy (non-hydrogen) atoms. The molecule has 0 bridgehead atoms. The minimum atomic E-state index is -0.698. The molecule has 0 aliphatic heterocycles. The van der Waals surface area contributed by atoms with Crippen molar-refractivity contribution in [3.05, 3.63) is 5.76 Å². The van der Waals surface area contributed by atoms with E-state index in [9.17, 15) is 19.5 Å². The second-order valence-electron chi connectivity index (χ2n) is 24.3. The Balaban J connectivity index is 4.06. The van der Waals surface area contributed by atoms with E-state index in [-0.39, 0.29) is 19.0 Å². The monoisotopic (exact) mass is 1120 g/mol. The van der Waals surface area contributed by atoms with Crippen molar-refractivity contribution < 1.29 is 34.1 Å². The van der Waals surface area contributed by atoms with Crippen molar-refractivity contribution in [2.75, 3.05) is 59.1 Å². The van der Waals surface area contributed by atoms with Crippen LogP contribution in [-0.4, -0.2) is 97.0 Å². The van der Waals surface area contributed by atoms with E-state index in [1.165, 1.54) is 231 Å². The summed E-state index contributed by atoms with van der Waals surface area (Å²) in [4.78, 5) is 39.9. The van der Waals surface area contributed by atoms with Gasteiger partial charge < -0.3 is 29.5 Å². The molecule has 0 aliphatic carbocycles. The average Bonchev–Trinajstić information content (AvgIpc) is 3.44. The number of nitrogens with zero attached hydrogens (tertiary/aromatic N) is 2. The Hall–Kier alpha value is -1.93. The third kappa shape index (κ3) is 63.5. The molecule has 9 nitrogen and oxygen atoms in total. The average molecular weight is 1120 g/mol. The van der Waals surface area contributed by atoms with Crippen LogP contribution in [-0.2, 0) is 23.9 Å². The second-order valence-corrected chi connectivity index (χ2v) is 24.3. The largest absolute Gasteiger partial charge is 0.487 e. The second kappa shape index (κ2) is 66.9. The van der Waals surface area contributed by atoms with Crippen LogP contribution in [0.5, 0.6) is 0 Å². The van der Waals surface area contributed by atoms with Crippen LogP contribution in [0.4, 0.5) is 0 Å². The van der Waals surface area contributed by atoms with Crippen LogP contribution in [0.2, 0.25) is 0 Å². The van der Waals surface area contributed by atoms with Gasteiger partial charge in [-0.1, -0.05) is 290 Å². The summed E-state index contributed by atoms with van der Waals surface area (Å²) in [5.41, 5.74) is 0. The maximum atomic E-state index is 12.4. The number of esters is 1. The lowest BCUT2D eigenvalue weighted by molar-refractivity contribution is -0.144. The van der Waals surface area contributed by atoms with Crippen molar-refractivity contribution in [2.45, 2.75) is 367 Å². The van der Waals surface area contributed by atoms with Gasteiger partial charge in [-0.15, -0.1) is 0 Å². The van der Waals surface area contributed by atoms with Crippen LogP contribution in [0.1, 0.15) is 367 Å². The number of rotatable bonds is 69. The Kier molecular flexibility index (Phi) is 65.2. The predicted octanol–water partition coefficient (Wildman–Crippen LogP) is 20.4. The van der Waals surface area contributed by atoms with Crippen molar-refractivity contribution >= 4 is 17.9 Å². The fraction of sp³-hybridized carbons (Fsp3) is 0.943. The fourth-order valence-electron chi connectivity index (χ4n) is 11.4. The maximum absolute atomic E-state index is 12.4. The molecule has 0 amide bonds. The molecular formula is C70H136N2O7. The van der Waals surface area contributed by atoms with Crippen LogP contribution < -0.4 is 0 Å². The zero-order valence-corrected chi connectivity index (χ0v) is 53.1. The quantitative estimate of drug-likeness (QED) is 0.0266. The molecule has 0 radical (unpaired) electrons. The van der Waals surface area contributed by atoms with Crippen molar-refractivity contribution in [3.8, 4) is 0 Å². The number of carboxylic acid groups (broad SMARTS) is 1. The molecular weight excluding hydrogens is 981 g/mol. The highest BCUT2D eigenvalue weighted by atomic mass is 16.5. The zero-order chi connectivity index (χ0) is 57.3. The summed E-state index contributed by atoms with van der Waals surface area (Å²) in [5.74, 6) is 1.83. The van der Waals surface area contributed by atoms with Gasteiger partial charge in [-0.3, -0.25) is 9.59 Å². The van der Waals surface area contributed by atoms with Crippen LogP contribution >= 0.6 is 0 Å². The molecule has 0 unspecified atom stereocenters. The summed E-state index contributed by atoms with van der Waals surface area (Å²) in [6.45, 7) is 11.9. The molecule has 0 atom stereocenters. The molecule has 468 valence electrons. The number of hydrogen-bond donors (Lipinski definition) is 2. The lowest BCUT2D eigenvalue weighted by Gasteiger charge is -2.26.